The number of fused-ring (bicyclic) bond motifs is 2. The van der Waals surface area contributed by atoms with E-state index in [-0.39, 0.29) is 48.1 Å². The topological polar surface area (TPSA) is 106 Å². The molecule has 0 spiro atoms. The molecule has 7 atom stereocenters. The summed E-state index contributed by atoms with van der Waals surface area (Å²) >= 11 is 0. The van der Waals surface area contributed by atoms with Crippen LogP contribution in [0.15, 0.2) is 30.3 Å². The first-order valence-corrected chi connectivity index (χ1v) is 13.8. The van der Waals surface area contributed by atoms with Gasteiger partial charge in [0.25, 0.3) is 0 Å². The molecule has 1 saturated carbocycles. The number of nitrogens with one attached hydrogen (secondary N) is 3. The zero-order chi connectivity index (χ0) is 25.5. The van der Waals surface area contributed by atoms with E-state index in [1.54, 1.807) is 0 Å². The summed E-state index contributed by atoms with van der Waals surface area (Å²) in [6, 6.07) is 13.5. The number of amides is 1. The summed E-state index contributed by atoms with van der Waals surface area (Å²) < 4.78 is 5.78. The third-order valence-corrected chi connectivity index (χ3v) is 8.61. The Hall–Kier alpha value is -2.93. The van der Waals surface area contributed by atoms with Crippen molar-refractivity contribution >= 4 is 28.3 Å². The number of hydrogen-bond donors (Lipinski definition) is 3. The van der Waals surface area contributed by atoms with Gasteiger partial charge in [0.05, 0.1) is 42.2 Å². The van der Waals surface area contributed by atoms with E-state index in [2.05, 4.69) is 64.1 Å². The van der Waals surface area contributed by atoms with Gasteiger partial charge in [-0.15, -0.1) is 0 Å². The van der Waals surface area contributed by atoms with E-state index in [9.17, 15) is 10.1 Å². The lowest BCUT2D eigenvalue weighted by atomic mass is 9.83. The number of carbonyl (C=O) groups excluding carboxylic acids is 1. The van der Waals surface area contributed by atoms with Crippen molar-refractivity contribution in [1.29, 1.82) is 5.26 Å². The Kier molecular flexibility index (Phi) is 6.65. The molecule has 3 aliphatic heterocycles. The molecule has 9 nitrogen and oxygen atoms in total. The number of hydrogen-bond acceptors (Lipinski definition) is 8. The monoisotopic (exact) mass is 503 g/mol. The van der Waals surface area contributed by atoms with Gasteiger partial charge in [0.2, 0.25) is 5.91 Å². The van der Waals surface area contributed by atoms with Crippen molar-refractivity contribution in [3.8, 4) is 6.07 Å². The molecular formula is C28H37N7O2. The van der Waals surface area contributed by atoms with Gasteiger partial charge in [-0.05, 0) is 63.4 Å². The second kappa shape index (κ2) is 10.1. The van der Waals surface area contributed by atoms with E-state index >= 15 is 0 Å². The smallest absolute Gasteiger partial charge is 0.228 e. The lowest BCUT2D eigenvalue weighted by Gasteiger charge is -2.39. The molecule has 4 aliphatic rings. The minimum atomic E-state index is -0.230. The number of nitriles is 1. The maximum Gasteiger partial charge on any atom is 0.228 e. The van der Waals surface area contributed by atoms with Gasteiger partial charge >= 0.3 is 0 Å². The molecule has 1 aliphatic carbocycles. The minimum Gasteiger partial charge on any atom is -0.375 e. The highest BCUT2D eigenvalue weighted by Gasteiger charge is 2.51. The van der Waals surface area contributed by atoms with E-state index in [0.29, 0.717) is 13.2 Å². The van der Waals surface area contributed by atoms with Crippen molar-refractivity contribution in [1.82, 2.24) is 20.7 Å². The molecule has 4 fully saturated rings. The largest absolute Gasteiger partial charge is 0.375 e. The van der Waals surface area contributed by atoms with Crippen LogP contribution >= 0.6 is 0 Å². The number of anilines is 2. The number of ether oxygens (including phenoxy) is 1. The highest BCUT2D eigenvalue weighted by atomic mass is 16.5. The lowest BCUT2D eigenvalue weighted by Crippen LogP contribution is -2.54. The molecule has 3 unspecified atom stereocenters. The SMILES string of the molecule is C[C@@H]1CN(c2ccc3cc(NC4NN([C@H]5CCCC[C@@H]5C#N)C5CCNC(=O)C45)ccc3n2)[C@@H](C)CO1. The van der Waals surface area contributed by atoms with Gasteiger partial charge in [-0.25, -0.2) is 15.4 Å². The summed E-state index contributed by atoms with van der Waals surface area (Å²) in [5, 5.41) is 19.8. The van der Waals surface area contributed by atoms with E-state index in [0.717, 1.165) is 61.1 Å². The van der Waals surface area contributed by atoms with Crippen molar-refractivity contribution in [3.05, 3.63) is 30.3 Å². The van der Waals surface area contributed by atoms with Crippen LogP contribution in [-0.2, 0) is 9.53 Å². The number of morpholine rings is 1. The maximum absolute atomic E-state index is 13.0. The third kappa shape index (κ3) is 4.63. The summed E-state index contributed by atoms with van der Waals surface area (Å²) in [4.78, 5) is 20.3. The van der Waals surface area contributed by atoms with E-state index in [1.807, 2.05) is 12.1 Å². The molecule has 9 heteroatoms. The van der Waals surface area contributed by atoms with Crippen LogP contribution in [0.25, 0.3) is 10.9 Å². The Labute approximate surface area is 218 Å². The van der Waals surface area contributed by atoms with Crippen LogP contribution in [0.3, 0.4) is 0 Å². The number of benzene rings is 1. The Morgan fingerprint density at radius 2 is 2.00 bits per heavy atom. The number of piperidine rings is 1. The summed E-state index contributed by atoms with van der Waals surface area (Å²) in [7, 11) is 0. The van der Waals surface area contributed by atoms with Crippen molar-refractivity contribution in [3.63, 3.8) is 0 Å². The zero-order valence-electron chi connectivity index (χ0n) is 21.7. The molecule has 6 rings (SSSR count). The van der Waals surface area contributed by atoms with Crippen molar-refractivity contribution in [2.75, 3.05) is 29.9 Å². The van der Waals surface area contributed by atoms with Crippen LogP contribution in [0, 0.1) is 23.2 Å². The van der Waals surface area contributed by atoms with Gasteiger partial charge in [-0.1, -0.05) is 12.8 Å². The summed E-state index contributed by atoms with van der Waals surface area (Å²) in [5.41, 5.74) is 5.53. The van der Waals surface area contributed by atoms with Crippen molar-refractivity contribution in [2.24, 2.45) is 11.8 Å². The van der Waals surface area contributed by atoms with E-state index < -0.39 is 0 Å². The van der Waals surface area contributed by atoms with Crippen LogP contribution in [0.1, 0.15) is 46.0 Å². The molecule has 2 aromatic rings. The van der Waals surface area contributed by atoms with Crippen LogP contribution in [0.2, 0.25) is 0 Å². The summed E-state index contributed by atoms with van der Waals surface area (Å²) in [6.45, 7) is 6.49. The van der Waals surface area contributed by atoms with Crippen molar-refractivity contribution < 1.29 is 9.53 Å². The molecule has 1 amide bonds. The number of nitrogens with zero attached hydrogens (tertiary/aromatic N) is 4. The molecule has 1 aromatic carbocycles. The second-order valence-electron chi connectivity index (χ2n) is 11.1. The van der Waals surface area contributed by atoms with Crippen LogP contribution < -0.4 is 21.0 Å². The van der Waals surface area contributed by atoms with E-state index in [1.165, 1.54) is 0 Å². The molecule has 1 aromatic heterocycles. The Balaban J connectivity index is 1.23. The third-order valence-electron chi connectivity index (χ3n) is 8.61. The average Bonchev–Trinajstić information content (AvgIpc) is 3.29. The predicted octanol–water partition coefficient (Wildman–Crippen LogP) is 2.99. The van der Waals surface area contributed by atoms with Gasteiger partial charge in [0.1, 0.15) is 12.0 Å². The summed E-state index contributed by atoms with van der Waals surface area (Å²) in [6.07, 6.45) is 5.01. The molecule has 0 radical (unpaired) electrons. The number of aromatic nitrogens is 1. The summed E-state index contributed by atoms with van der Waals surface area (Å²) in [5.74, 6) is 0.846. The fourth-order valence-electron chi connectivity index (χ4n) is 6.66. The zero-order valence-corrected chi connectivity index (χ0v) is 21.7. The first kappa shape index (κ1) is 24.4. The highest BCUT2D eigenvalue weighted by Crippen LogP contribution is 2.36. The molecule has 4 heterocycles. The molecular weight excluding hydrogens is 466 g/mol. The maximum atomic E-state index is 13.0. The second-order valence-corrected chi connectivity index (χ2v) is 11.1. The Bertz CT molecular complexity index is 1200. The van der Waals surface area contributed by atoms with Gasteiger partial charge in [-0.3, -0.25) is 4.79 Å². The molecule has 37 heavy (non-hydrogen) atoms. The van der Waals surface area contributed by atoms with E-state index in [4.69, 9.17) is 9.72 Å². The number of carbonyl (C=O) groups is 1. The molecule has 3 saturated heterocycles. The predicted molar refractivity (Wildman–Crippen MR) is 143 cm³/mol. The number of rotatable bonds is 4. The minimum absolute atomic E-state index is 0.00347. The van der Waals surface area contributed by atoms with Crippen LogP contribution in [0.5, 0.6) is 0 Å². The van der Waals surface area contributed by atoms with Crippen LogP contribution in [0.4, 0.5) is 11.5 Å². The molecule has 3 N–H and O–H groups in total. The fourth-order valence-corrected chi connectivity index (χ4v) is 6.66. The van der Waals surface area contributed by atoms with Gasteiger partial charge < -0.3 is 20.3 Å². The number of pyridine rings is 1. The first-order valence-electron chi connectivity index (χ1n) is 13.8. The Morgan fingerprint density at radius 1 is 1.14 bits per heavy atom. The quantitative estimate of drug-likeness (QED) is 0.585. The highest BCUT2D eigenvalue weighted by molar-refractivity contribution is 5.85. The number of hydrazine groups is 1. The Morgan fingerprint density at radius 3 is 2.86 bits per heavy atom. The van der Waals surface area contributed by atoms with Gasteiger partial charge in [0.15, 0.2) is 0 Å². The van der Waals surface area contributed by atoms with Gasteiger partial charge in [-0.2, -0.15) is 5.26 Å². The normalized spacial score (nSPS) is 34.6. The standard InChI is InChI=1S/C28H37N7O2/c1-17-16-37-18(2)15-34(17)25-10-7-19-13-21(8-9-22(19)32-25)31-27-26-24(11-12-30-28(26)36)35(33-27)23-6-4-3-5-20(23)14-29/h7-10,13,17-18,20,23-24,26-27,31,33H,3-6,11-12,15-16H2,1-2H3,(H,30,36)/t17-,18+,20+,23-,24?,26?,27?/m0/s1. The van der Waals surface area contributed by atoms with Gasteiger partial charge in [0, 0.05) is 36.2 Å². The first-order chi connectivity index (χ1) is 18.0. The van der Waals surface area contributed by atoms with Crippen molar-refractivity contribution in [2.45, 2.75) is 76.3 Å². The average molecular weight is 504 g/mol. The lowest BCUT2D eigenvalue weighted by molar-refractivity contribution is -0.128. The molecule has 0 bridgehead atoms. The van der Waals surface area contributed by atoms with Crippen LogP contribution in [-0.4, -0.2) is 66.0 Å². The molecule has 196 valence electrons. The fraction of sp³-hybridized carbons (Fsp3) is 0.607.